The van der Waals surface area contributed by atoms with E-state index < -0.39 is 0 Å². The molecular formula is C21H28N4O. The Morgan fingerprint density at radius 1 is 1.00 bits per heavy atom. The molecule has 5 nitrogen and oxygen atoms in total. The predicted octanol–water partition coefficient (Wildman–Crippen LogP) is 3.04. The Labute approximate surface area is 155 Å². The lowest BCUT2D eigenvalue weighted by molar-refractivity contribution is 0.0261. The van der Waals surface area contributed by atoms with E-state index in [1.54, 1.807) is 4.68 Å². The molecule has 0 bridgehead atoms. The van der Waals surface area contributed by atoms with Crippen LogP contribution < -0.4 is 0 Å². The van der Waals surface area contributed by atoms with Crippen molar-refractivity contribution in [3.63, 3.8) is 0 Å². The van der Waals surface area contributed by atoms with Gasteiger partial charge in [0.15, 0.2) is 0 Å². The summed E-state index contributed by atoms with van der Waals surface area (Å²) in [4.78, 5) is 17.5. The average Bonchev–Trinajstić information content (AvgIpc) is 3.10. The van der Waals surface area contributed by atoms with Crippen molar-refractivity contribution in [1.29, 1.82) is 0 Å². The lowest BCUT2D eigenvalue weighted by Crippen LogP contribution is -2.50. The second-order valence-electron chi connectivity index (χ2n) is 8.11. The summed E-state index contributed by atoms with van der Waals surface area (Å²) in [5.41, 5.74) is 3.31. The summed E-state index contributed by atoms with van der Waals surface area (Å²) in [5.74, 6) is 0.181. The highest BCUT2D eigenvalue weighted by atomic mass is 16.2. The zero-order valence-electron chi connectivity index (χ0n) is 15.8. The molecule has 5 heteroatoms. The molecule has 138 valence electrons. The molecular weight excluding hydrogens is 324 g/mol. The molecule has 1 aromatic carbocycles. The van der Waals surface area contributed by atoms with Crippen LogP contribution in [0.4, 0.5) is 0 Å². The first-order chi connectivity index (χ1) is 12.5. The Bertz CT molecular complexity index is 772. The van der Waals surface area contributed by atoms with Crippen molar-refractivity contribution in [3.8, 4) is 11.1 Å². The highest BCUT2D eigenvalue weighted by Crippen LogP contribution is 2.39. The molecule has 1 amide bonds. The van der Waals surface area contributed by atoms with Crippen LogP contribution in [0.5, 0.6) is 0 Å². The van der Waals surface area contributed by atoms with Gasteiger partial charge in [-0.2, -0.15) is 5.10 Å². The largest absolute Gasteiger partial charge is 0.338 e. The fraction of sp³-hybridized carbons (Fsp3) is 0.524. The highest BCUT2D eigenvalue weighted by molar-refractivity contribution is 5.94. The molecule has 2 aliphatic rings. The minimum Gasteiger partial charge on any atom is -0.338 e. The lowest BCUT2D eigenvalue weighted by Gasteiger charge is -2.47. The van der Waals surface area contributed by atoms with Crippen LogP contribution in [0.15, 0.2) is 36.7 Å². The Morgan fingerprint density at radius 2 is 1.73 bits per heavy atom. The molecule has 0 aliphatic carbocycles. The normalized spacial score (nSPS) is 20.5. The van der Waals surface area contributed by atoms with Crippen LogP contribution in [0.1, 0.15) is 36.0 Å². The SMILES string of the molecule is CN1CCC2(CCCN(C(=O)c3ccc(-c4cnn(C)c4)cc3)C2)CC1. The second kappa shape index (κ2) is 6.88. The number of rotatable bonds is 2. The monoisotopic (exact) mass is 352 g/mol. The smallest absolute Gasteiger partial charge is 0.253 e. The number of aryl methyl sites for hydroxylation is 1. The van der Waals surface area contributed by atoms with Crippen molar-refractivity contribution in [1.82, 2.24) is 19.6 Å². The van der Waals surface area contributed by atoms with Crippen LogP contribution in [0.25, 0.3) is 11.1 Å². The number of piperidine rings is 2. The molecule has 0 unspecified atom stereocenters. The zero-order chi connectivity index (χ0) is 18.1. The van der Waals surface area contributed by atoms with Gasteiger partial charge in [0, 0.05) is 37.5 Å². The summed E-state index contributed by atoms with van der Waals surface area (Å²) in [6.45, 7) is 4.12. The van der Waals surface area contributed by atoms with Gasteiger partial charge in [-0.25, -0.2) is 0 Å². The Balaban J connectivity index is 1.47. The lowest BCUT2D eigenvalue weighted by atomic mass is 9.72. The fourth-order valence-electron chi connectivity index (χ4n) is 4.44. The van der Waals surface area contributed by atoms with E-state index in [1.807, 2.05) is 43.7 Å². The third-order valence-corrected chi connectivity index (χ3v) is 6.17. The zero-order valence-corrected chi connectivity index (χ0v) is 15.8. The third-order valence-electron chi connectivity index (χ3n) is 6.17. The summed E-state index contributed by atoms with van der Waals surface area (Å²) >= 11 is 0. The maximum absolute atomic E-state index is 13.0. The first kappa shape index (κ1) is 17.3. The van der Waals surface area contributed by atoms with Crippen LogP contribution in [-0.4, -0.2) is 58.7 Å². The molecule has 0 atom stereocenters. The number of amides is 1. The standard InChI is InChI=1S/C21H28N4O/c1-23-12-9-21(10-13-23)8-3-11-25(16-21)20(26)18-6-4-17(5-7-18)19-14-22-24(2)15-19/h4-7,14-15H,3,8-13,16H2,1-2H3. The van der Waals surface area contributed by atoms with Crippen molar-refractivity contribution in [3.05, 3.63) is 42.2 Å². The molecule has 0 saturated carbocycles. The number of aromatic nitrogens is 2. The van der Waals surface area contributed by atoms with E-state index in [1.165, 1.54) is 19.3 Å². The number of carbonyl (C=O) groups is 1. The van der Waals surface area contributed by atoms with E-state index in [9.17, 15) is 4.79 Å². The number of likely N-dealkylation sites (tertiary alicyclic amines) is 2. The van der Waals surface area contributed by atoms with Gasteiger partial charge in [-0.3, -0.25) is 9.48 Å². The first-order valence-corrected chi connectivity index (χ1v) is 9.62. The summed E-state index contributed by atoms with van der Waals surface area (Å²) in [6, 6.07) is 7.97. The second-order valence-corrected chi connectivity index (χ2v) is 8.11. The van der Waals surface area contributed by atoms with Crippen molar-refractivity contribution < 1.29 is 4.79 Å². The van der Waals surface area contributed by atoms with Crippen molar-refractivity contribution in [2.75, 3.05) is 33.2 Å². The first-order valence-electron chi connectivity index (χ1n) is 9.62. The molecule has 2 aromatic rings. The molecule has 2 saturated heterocycles. The number of hydrogen-bond acceptors (Lipinski definition) is 3. The van der Waals surface area contributed by atoms with Gasteiger partial charge in [-0.1, -0.05) is 12.1 Å². The summed E-state index contributed by atoms with van der Waals surface area (Å²) in [7, 11) is 4.11. The van der Waals surface area contributed by atoms with Crippen LogP contribution >= 0.6 is 0 Å². The van der Waals surface area contributed by atoms with Crippen molar-refractivity contribution in [2.45, 2.75) is 25.7 Å². The third kappa shape index (κ3) is 3.40. The fourth-order valence-corrected chi connectivity index (χ4v) is 4.44. The minimum atomic E-state index is 0.181. The average molecular weight is 352 g/mol. The van der Waals surface area contributed by atoms with E-state index in [0.29, 0.717) is 5.41 Å². The number of nitrogens with zero attached hydrogens (tertiary/aromatic N) is 4. The number of hydrogen-bond donors (Lipinski definition) is 0. The Morgan fingerprint density at radius 3 is 2.38 bits per heavy atom. The molecule has 0 N–H and O–H groups in total. The summed E-state index contributed by atoms with van der Waals surface area (Å²) in [6.07, 6.45) is 8.67. The van der Waals surface area contributed by atoms with Gasteiger partial charge in [-0.05, 0) is 68.9 Å². The van der Waals surface area contributed by atoms with Gasteiger partial charge in [0.2, 0.25) is 0 Å². The van der Waals surface area contributed by atoms with Crippen LogP contribution in [0.3, 0.4) is 0 Å². The van der Waals surface area contributed by atoms with Gasteiger partial charge < -0.3 is 9.80 Å². The Kier molecular flexibility index (Phi) is 4.57. The highest BCUT2D eigenvalue weighted by Gasteiger charge is 2.39. The summed E-state index contributed by atoms with van der Waals surface area (Å²) in [5, 5.41) is 4.22. The molecule has 2 fully saturated rings. The van der Waals surface area contributed by atoms with E-state index in [4.69, 9.17) is 0 Å². The molecule has 2 aliphatic heterocycles. The predicted molar refractivity (Wildman–Crippen MR) is 103 cm³/mol. The molecule has 1 spiro atoms. The quantitative estimate of drug-likeness (QED) is 0.834. The molecule has 3 heterocycles. The van der Waals surface area contributed by atoms with E-state index in [0.717, 1.165) is 49.3 Å². The van der Waals surface area contributed by atoms with E-state index in [2.05, 4.69) is 21.9 Å². The molecule has 4 rings (SSSR count). The van der Waals surface area contributed by atoms with E-state index >= 15 is 0 Å². The van der Waals surface area contributed by atoms with E-state index in [-0.39, 0.29) is 5.91 Å². The van der Waals surface area contributed by atoms with Crippen LogP contribution in [-0.2, 0) is 7.05 Å². The molecule has 1 aromatic heterocycles. The van der Waals surface area contributed by atoms with Gasteiger partial charge in [0.1, 0.15) is 0 Å². The minimum absolute atomic E-state index is 0.181. The van der Waals surface area contributed by atoms with Gasteiger partial charge in [0.05, 0.1) is 6.20 Å². The van der Waals surface area contributed by atoms with Gasteiger partial charge in [-0.15, -0.1) is 0 Å². The number of benzene rings is 1. The van der Waals surface area contributed by atoms with Gasteiger partial charge in [0.25, 0.3) is 5.91 Å². The molecule has 26 heavy (non-hydrogen) atoms. The van der Waals surface area contributed by atoms with Crippen molar-refractivity contribution in [2.24, 2.45) is 12.5 Å². The Hall–Kier alpha value is -2.14. The van der Waals surface area contributed by atoms with Gasteiger partial charge >= 0.3 is 0 Å². The van der Waals surface area contributed by atoms with Crippen molar-refractivity contribution >= 4 is 5.91 Å². The van der Waals surface area contributed by atoms with Crippen LogP contribution in [0, 0.1) is 5.41 Å². The maximum Gasteiger partial charge on any atom is 0.253 e. The maximum atomic E-state index is 13.0. The summed E-state index contributed by atoms with van der Waals surface area (Å²) < 4.78 is 1.79. The number of carbonyl (C=O) groups excluding carboxylic acids is 1. The topological polar surface area (TPSA) is 41.4 Å². The van der Waals surface area contributed by atoms with Crippen LogP contribution in [0.2, 0.25) is 0 Å². The molecule has 0 radical (unpaired) electrons.